The summed E-state index contributed by atoms with van der Waals surface area (Å²) in [6, 6.07) is 0. The highest BCUT2D eigenvalue weighted by Gasteiger charge is 2.03. The zero-order chi connectivity index (χ0) is 5.11. The molecule has 0 aromatic rings. The monoisotopic (exact) mass is 102 g/mol. The Balaban J connectivity index is 2.12. The highest BCUT2D eigenvalue weighted by atomic mass is 16.7. The second-order valence-corrected chi connectivity index (χ2v) is 1.68. The lowest BCUT2D eigenvalue weighted by Crippen LogP contribution is -2.35. The second-order valence-electron chi connectivity index (χ2n) is 1.68. The number of hydroxylamine groups is 1. The van der Waals surface area contributed by atoms with E-state index in [1.165, 1.54) is 5.17 Å². The molecule has 1 aliphatic rings. The van der Waals surface area contributed by atoms with Crippen LogP contribution in [-0.4, -0.2) is 18.3 Å². The molecule has 0 aliphatic carbocycles. The summed E-state index contributed by atoms with van der Waals surface area (Å²) < 4.78 is 0. The van der Waals surface area contributed by atoms with Gasteiger partial charge < -0.3 is 0 Å². The van der Waals surface area contributed by atoms with Gasteiger partial charge in [0.2, 0.25) is 0 Å². The summed E-state index contributed by atoms with van der Waals surface area (Å²) in [6.07, 6.45) is 2.31. The first-order valence-electron chi connectivity index (χ1n) is 2.55. The highest BCUT2D eigenvalue weighted by Crippen LogP contribution is 1.99. The maximum absolute atomic E-state index is 5.25. The molecule has 0 spiro atoms. The third-order valence-corrected chi connectivity index (χ3v) is 1.03. The number of nitrogens with zero attached hydrogens (tertiary/aromatic N) is 1. The van der Waals surface area contributed by atoms with E-state index < -0.39 is 0 Å². The average Bonchev–Trinajstić information content (AvgIpc) is 1.69. The van der Waals surface area contributed by atoms with Gasteiger partial charge in [-0.1, -0.05) is 0 Å². The van der Waals surface area contributed by atoms with Crippen LogP contribution in [0.5, 0.6) is 0 Å². The van der Waals surface area contributed by atoms with Gasteiger partial charge in [0.25, 0.3) is 0 Å². The molecule has 7 heavy (non-hydrogen) atoms. The Kier molecular flexibility index (Phi) is 1.62. The van der Waals surface area contributed by atoms with Crippen LogP contribution < -0.4 is 5.84 Å². The van der Waals surface area contributed by atoms with Crippen molar-refractivity contribution in [1.82, 2.24) is 5.17 Å². The third kappa shape index (κ3) is 1.43. The Bertz CT molecular complexity index is 51.7. The molecule has 0 amide bonds. The van der Waals surface area contributed by atoms with Crippen molar-refractivity contribution in [2.45, 2.75) is 12.8 Å². The smallest absolute Gasteiger partial charge is 0.0702 e. The van der Waals surface area contributed by atoms with Crippen LogP contribution in [0.1, 0.15) is 12.8 Å². The van der Waals surface area contributed by atoms with E-state index in [0.717, 1.165) is 26.0 Å². The van der Waals surface area contributed by atoms with E-state index in [2.05, 4.69) is 0 Å². The fourth-order valence-electron chi connectivity index (χ4n) is 0.616. The van der Waals surface area contributed by atoms with Crippen molar-refractivity contribution in [3.8, 4) is 0 Å². The number of rotatable bonds is 0. The molecular weight excluding hydrogens is 92.1 g/mol. The number of hydrogen-bond donors (Lipinski definition) is 1. The molecule has 0 saturated carbocycles. The topological polar surface area (TPSA) is 38.5 Å². The van der Waals surface area contributed by atoms with Gasteiger partial charge in [-0.2, -0.15) is 0 Å². The summed E-state index contributed by atoms with van der Waals surface area (Å²) in [5.74, 6) is 5.25. The van der Waals surface area contributed by atoms with Gasteiger partial charge in [0.1, 0.15) is 0 Å². The first-order valence-corrected chi connectivity index (χ1v) is 2.55. The van der Waals surface area contributed by atoms with E-state index >= 15 is 0 Å². The van der Waals surface area contributed by atoms with Crippen molar-refractivity contribution in [3.63, 3.8) is 0 Å². The predicted molar refractivity (Wildman–Crippen MR) is 26.1 cm³/mol. The SMILES string of the molecule is NN1CCCCO1. The molecule has 3 heteroatoms. The molecule has 0 bridgehead atoms. The summed E-state index contributed by atoms with van der Waals surface area (Å²) in [7, 11) is 0. The number of nitrogens with two attached hydrogens (primary N) is 1. The Morgan fingerprint density at radius 1 is 1.43 bits per heavy atom. The lowest BCUT2D eigenvalue weighted by molar-refractivity contribution is -0.183. The standard InChI is InChI=1S/C4H10N2O/c5-6-3-1-2-4-7-6/h1-5H2. The minimum atomic E-state index is 0.788. The van der Waals surface area contributed by atoms with Gasteiger partial charge in [-0.15, -0.1) is 5.17 Å². The zero-order valence-electron chi connectivity index (χ0n) is 4.26. The molecule has 2 N–H and O–H groups in total. The van der Waals surface area contributed by atoms with E-state index in [-0.39, 0.29) is 0 Å². The van der Waals surface area contributed by atoms with Crippen molar-refractivity contribution >= 4 is 0 Å². The predicted octanol–water partition coefficient (Wildman–Crippen LogP) is -0.113. The third-order valence-electron chi connectivity index (χ3n) is 1.03. The zero-order valence-corrected chi connectivity index (χ0v) is 4.26. The van der Waals surface area contributed by atoms with Crippen molar-refractivity contribution in [2.24, 2.45) is 5.84 Å². The number of hydrogen-bond acceptors (Lipinski definition) is 3. The minimum absolute atomic E-state index is 0.788. The fraction of sp³-hybridized carbons (Fsp3) is 1.00. The van der Waals surface area contributed by atoms with Gasteiger partial charge in [0.05, 0.1) is 6.61 Å². The fourth-order valence-corrected chi connectivity index (χ4v) is 0.616. The minimum Gasteiger partial charge on any atom is -0.284 e. The maximum Gasteiger partial charge on any atom is 0.0702 e. The lowest BCUT2D eigenvalue weighted by Gasteiger charge is -2.19. The first-order chi connectivity index (χ1) is 3.39. The molecule has 1 fully saturated rings. The van der Waals surface area contributed by atoms with Gasteiger partial charge in [-0.05, 0) is 12.8 Å². The van der Waals surface area contributed by atoms with Crippen LogP contribution in [0, 0.1) is 0 Å². The Labute approximate surface area is 43.0 Å². The van der Waals surface area contributed by atoms with Gasteiger partial charge >= 0.3 is 0 Å². The van der Waals surface area contributed by atoms with E-state index in [4.69, 9.17) is 10.7 Å². The molecule has 1 aliphatic heterocycles. The maximum atomic E-state index is 5.25. The van der Waals surface area contributed by atoms with Crippen LogP contribution in [0.15, 0.2) is 0 Å². The van der Waals surface area contributed by atoms with E-state index in [0.29, 0.717) is 0 Å². The molecular formula is C4H10N2O. The average molecular weight is 102 g/mol. The Morgan fingerprint density at radius 3 is 2.57 bits per heavy atom. The summed E-state index contributed by atoms with van der Waals surface area (Å²) in [6.45, 7) is 1.66. The Hall–Kier alpha value is -0.120. The largest absolute Gasteiger partial charge is 0.284 e. The highest BCUT2D eigenvalue weighted by molar-refractivity contribution is 4.44. The second kappa shape index (κ2) is 2.26. The van der Waals surface area contributed by atoms with Crippen LogP contribution >= 0.6 is 0 Å². The lowest BCUT2D eigenvalue weighted by atomic mass is 10.3. The summed E-state index contributed by atoms with van der Waals surface area (Å²) >= 11 is 0. The summed E-state index contributed by atoms with van der Waals surface area (Å²) in [5.41, 5.74) is 0. The van der Waals surface area contributed by atoms with Crippen LogP contribution in [0.25, 0.3) is 0 Å². The van der Waals surface area contributed by atoms with E-state index in [9.17, 15) is 0 Å². The summed E-state index contributed by atoms with van der Waals surface area (Å²) in [4.78, 5) is 4.89. The normalized spacial score (nSPS) is 25.3. The van der Waals surface area contributed by atoms with Gasteiger partial charge in [0.15, 0.2) is 0 Å². The molecule has 1 heterocycles. The quantitative estimate of drug-likeness (QED) is 0.434. The van der Waals surface area contributed by atoms with Crippen molar-refractivity contribution in [2.75, 3.05) is 13.2 Å². The molecule has 0 aromatic heterocycles. The Morgan fingerprint density at radius 2 is 2.29 bits per heavy atom. The molecule has 1 saturated heterocycles. The van der Waals surface area contributed by atoms with Gasteiger partial charge in [-0.25, -0.2) is 5.84 Å². The van der Waals surface area contributed by atoms with Crippen molar-refractivity contribution < 1.29 is 4.84 Å². The van der Waals surface area contributed by atoms with Crippen molar-refractivity contribution in [3.05, 3.63) is 0 Å². The van der Waals surface area contributed by atoms with Crippen LogP contribution in [-0.2, 0) is 4.84 Å². The van der Waals surface area contributed by atoms with Crippen molar-refractivity contribution in [1.29, 1.82) is 0 Å². The van der Waals surface area contributed by atoms with Gasteiger partial charge in [-0.3, -0.25) is 4.84 Å². The molecule has 0 unspecified atom stereocenters. The van der Waals surface area contributed by atoms with Gasteiger partial charge in [0, 0.05) is 6.54 Å². The molecule has 0 radical (unpaired) electrons. The number of hydrazine groups is 1. The molecule has 1 rings (SSSR count). The van der Waals surface area contributed by atoms with E-state index in [1.54, 1.807) is 0 Å². The van der Waals surface area contributed by atoms with Crippen LogP contribution in [0.2, 0.25) is 0 Å². The molecule has 0 atom stereocenters. The van der Waals surface area contributed by atoms with E-state index in [1.807, 2.05) is 0 Å². The molecule has 42 valence electrons. The van der Waals surface area contributed by atoms with Crippen LogP contribution in [0.4, 0.5) is 0 Å². The first kappa shape index (κ1) is 5.03. The molecule has 0 aromatic carbocycles. The molecule has 3 nitrogen and oxygen atoms in total. The summed E-state index contributed by atoms with van der Waals surface area (Å²) in [5, 5.41) is 1.39. The van der Waals surface area contributed by atoms with Crippen LogP contribution in [0.3, 0.4) is 0 Å².